The molecule has 2 aliphatic rings. The normalized spacial score (nSPS) is 15.6. The van der Waals surface area contributed by atoms with Crippen LogP contribution in [-0.2, 0) is 12.8 Å². The second kappa shape index (κ2) is 7.49. The van der Waals surface area contributed by atoms with Crippen LogP contribution in [-0.4, -0.2) is 25.2 Å². The number of thiophene rings is 1. The quantitative estimate of drug-likeness (QED) is 0.284. The number of aryl methyl sites for hydroxylation is 1. The highest BCUT2D eigenvalue weighted by Gasteiger charge is 2.35. The Hall–Kier alpha value is -4.01. The van der Waals surface area contributed by atoms with E-state index in [2.05, 4.69) is 45.1 Å². The van der Waals surface area contributed by atoms with Crippen LogP contribution in [0, 0.1) is 0 Å². The summed E-state index contributed by atoms with van der Waals surface area (Å²) in [6.45, 7) is 0. The molecule has 1 aliphatic carbocycles. The van der Waals surface area contributed by atoms with Crippen molar-refractivity contribution in [2.45, 2.75) is 19.0 Å². The molecule has 5 heterocycles. The molecular weight excluding hydrogens is 492 g/mol. The van der Waals surface area contributed by atoms with Gasteiger partial charge in [-0.2, -0.15) is 4.68 Å². The predicted molar refractivity (Wildman–Crippen MR) is 140 cm³/mol. The number of benzene rings is 2. The topological polar surface area (TPSA) is 81.7 Å². The number of aromatic nitrogens is 5. The van der Waals surface area contributed by atoms with Gasteiger partial charge in [-0.3, -0.25) is 0 Å². The first-order valence-electron chi connectivity index (χ1n) is 11.7. The Balaban J connectivity index is 1.44. The first kappa shape index (κ1) is 20.2. The van der Waals surface area contributed by atoms with Gasteiger partial charge >= 0.3 is 0 Å². The zero-order valence-corrected chi connectivity index (χ0v) is 20.3. The fourth-order valence-electron chi connectivity index (χ4n) is 5.44. The molecular formula is C27H17ClN6OS. The van der Waals surface area contributed by atoms with Crippen molar-refractivity contribution >= 4 is 38.8 Å². The molecule has 0 saturated heterocycles. The third kappa shape index (κ3) is 2.79. The van der Waals surface area contributed by atoms with Gasteiger partial charge in [0.1, 0.15) is 10.6 Å². The van der Waals surface area contributed by atoms with Crippen LogP contribution in [0.1, 0.15) is 22.9 Å². The zero-order valence-electron chi connectivity index (χ0n) is 18.8. The van der Waals surface area contributed by atoms with Crippen molar-refractivity contribution in [3.63, 3.8) is 0 Å². The number of halogens is 1. The molecule has 9 heteroatoms. The molecule has 1 atom stereocenters. The predicted octanol–water partition coefficient (Wildman–Crippen LogP) is 6.60. The Morgan fingerprint density at radius 1 is 1.03 bits per heavy atom. The second-order valence-corrected chi connectivity index (χ2v) is 10.4. The standard InChI is InChI=1S/C27H17ClN6OS/c28-16-10-7-15(8-11-16)25-29-23-21-20(19-6-3-13-35-19)18-12-9-14-4-1-2-5-17(14)22(18)30-27(21)36-24(23)26-31-32-33-34(25)26/h1-8,10-11,13,25,29H,9,12H2. The number of furan rings is 1. The summed E-state index contributed by atoms with van der Waals surface area (Å²) in [5, 5.41) is 18.2. The number of fused-ring (bicyclic) bond motifs is 8. The van der Waals surface area contributed by atoms with Crippen molar-refractivity contribution in [2.24, 2.45) is 0 Å². The molecule has 0 saturated carbocycles. The Morgan fingerprint density at radius 3 is 2.78 bits per heavy atom. The molecule has 0 radical (unpaired) electrons. The highest BCUT2D eigenvalue weighted by atomic mass is 35.5. The molecule has 1 aliphatic heterocycles. The van der Waals surface area contributed by atoms with Crippen LogP contribution in [0.2, 0.25) is 5.02 Å². The van der Waals surface area contributed by atoms with Crippen molar-refractivity contribution in [1.29, 1.82) is 0 Å². The molecule has 36 heavy (non-hydrogen) atoms. The first-order chi connectivity index (χ1) is 17.8. The Morgan fingerprint density at radius 2 is 1.92 bits per heavy atom. The van der Waals surface area contributed by atoms with Crippen molar-refractivity contribution in [3.8, 4) is 33.3 Å². The van der Waals surface area contributed by atoms with Gasteiger partial charge in [-0.05, 0) is 64.2 Å². The Kier molecular flexibility index (Phi) is 4.21. The molecule has 7 nitrogen and oxygen atoms in total. The fraction of sp³-hybridized carbons (Fsp3) is 0.111. The number of hydrogen-bond donors (Lipinski definition) is 1. The van der Waals surface area contributed by atoms with Crippen LogP contribution in [0.5, 0.6) is 0 Å². The molecule has 0 spiro atoms. The van der Waals surface area contributed by atoms with Crippen molar-refractivity contribution in [1.82, 2.24) is 25.2 Å². The summed E-state index contributed by atoms with van der Waals surface area (Å²) in [7, 11) is 0. The summed E-state index contributed by atoms with van der Waals surface area (Å²) in [6, 6.07) is 20.3. The SMILES string of the molecule is Clc1ccc(C2Nc3c(sc4nc5c(c(-c6ccco6)c34)CCc3ccccc3-5)-c3nnnn32)cc1. The van der Waals surface area contributed by atoms with Crippen molar-refractivity contribution < 1.29 is 4.42 Å². The molecule has 1 unspecified atom stereocenters. The van der Waals surface area contributed by atoms with Crippen molar-refractivity contribution in [3.05, 3.63) is 88.6 Å². The van der Waals surface area contributed by atoms with Crippen LogP contribution >= 0.6 is 22.9 Å². The molecule has 8 rings (SSSR count). The summed E-state index contributed by atoms with van der Waals surface area (Å²) in [5.74, 6) is 1.56. The van der Waals surface area contributed by atoms with Gasteiger partial charge in [0.2, 0.25) is 0 Å². The minimum absolute atomic E-state index is 0.279. The minimum atomic E-state index is -0.279. The number of tetrazole rings is 1. The number of pyridine rings is 1. The number of hydrogen-bond acceptors (Lipinski definition) is 7. The van der Waals surface area contributed by atoms with E-state index < -0.39 is 0 Å². The van der Waals surface area contributed by atoms with Crippen LogP contribution < -0.4 is 5.32 Å². The molecule has 6 aromatic rings. The van der Waals surface area contributed by atoms with Gasteiger partial charge in [0.15, 0.2) is 12.0 Å². The lowest BCUT2D eigenvalue weighted by Gasteiger charge is -2.26. The summed E-state index contributed by atoms with van der Waals surface area (Å²) in [4.78, 5) is 7.14. The molecule has 0 bridgehead atoms. The van der Waals surface area contributed by atoms with Gasteiger partial charge in [0.05, 0.1) is 22.5 Å². The average molecular weight is 509 g/mol. The third-order valence-corrected chi connectivity index (χ3v) is 8.36. The van der Waals surface area contributed by atoms with Crippen LogP contribution in [0.25, 0.3) is 43.5 Å². The third-order valence-electron chi connectivity index (χ3n) is 7.03. The van der Waals surface area contributed by atoms with Crippen LogP contribution in [0.15, 0.2) is 71.3 Å². The van der Waals surface area contributed by atoms with Gasteiger partial charge in [-0.1, -0.05) is 48.0 Å². The van der Waals surface area contributed by atoms with E-state index in [1.807, 2.05) is 41.1 Å². The maximum Gasteiger partial charge on any atom is 0.196 e. The lowest BCUT2D eigenvalue weighted by molar-refractivity contribution is 0.554. The number of anilines is 1. The van der Waals surface area contributed by atoms with Crippen LogP contribution in [0.3, 0.4) is 0 Å². The maximum absolute atomic E-state index is 6.17. The van der Waals surface area contributed by atoms with E-state index in [1.165, 1.54) is 16.7 Å². The smallest absolute Gasteiger partial charge is 0.196 e. The lowest BCUT2D eigenvalue weighted by Crippen LogP contribution is -2.25. The Bertz CT molecular complexity index is 1790. The van der Waals surface area contributed by atoms with Gasteiger partial charge in [0.25, 0.3) is 0 Å². The fourth-order valence-corrected chi connectivity index (χ4v) is 6.69. The molecule has 1 N–H and O–H groups in total. The first-order valence-corrected chi connectivity index (χ1v) is 12.9. The summed E-state index contributed by atoms with van der Waals surface area (Å²) in [5.41, 5.74) is 7.85. The van der Waals surface area contributed by atoms with E-state index in [0.29, 0.717) is 5.02 Å². The lowest BCUT2D eigenvalue weighted by atomic mass is 9.85. The van der Waals surface area contributed by atoms with Crippen LogP contribution in [0.4, 0.5) is 5.69 Å². The van der Waals surface area contributed by atoms with E-state index >= 15 is 0 Å². The van der Waals surface area contributed by atoms with E-state index in [0.717, 1.165) is 62.0 Å². The highest BCUT2D eigenvalue weighted by Crippen LogP contribution is 2.52. The van der Waals surface area contributed by atoms with Gasteiger partial charge in [0, 0.05) is 21.5 Å². The number of nitrogens with zero attached hydrogens (tertiary/aromatic N) is 5. The van der Waals surface area contributed by atoms with Crippen molar-refractivity contribution in [2.75, 3.05) is 5.32 Å². The second-order valence-electron chi connectivity index (χ2n) is 8.98. The molecule has 0 amide bonds. The molecule has 0 fully saturated rings. The summed E-state index contributed by atoms with van der Waals surface area (Å²) in [6.07, 6.45) is 3.32. The average Bonchev–Trinajstić information content (AvgIpc) is 3.67. The largest absolute Gasteiger partial charge is 0.464 e. The van der Waals surface area contributed by atoms with Gasteiger partial charge in [-0.15, -0.1) is 16.4 Å². The van der Waals surface area contributed by atoms with E-state index in [9.17, 15) is 0 Å². The van der Waals surface area contributed by atoms with E-state index in [-0.39, 0.29) is 6.17 Å². The summed E-state index contributed by atoms with van der Waals surface area (Å²) >= 11 is 7.77. The number of nitrogens with one attached hydrogen (secondary N) is 1. The maximum atomic E-state index is 6.17. The molecule has 2 aromatic carbocycles. The Labute approximate surface area is 214 Å². The summed E-state index contributed by atoms with van der Waals surface area (Å²) < 4.78 is 7.83. The molecule has 4 aromatic heterocycles. The van der Waals surface area contributed by atoms with E-state index in [1.54, 1.807) is 17.6 Å². The molecule has 174 valence electrons. The van der Waals surface area contributed by atoms with Gasteiger partial charge < -0.3 is 9.73 Å². The monoisotopic (exact) mass is 508 g/mol. The minimum Gasteiger partial charge on any atom is -0.464 e. The highest BCUT2D eigenvalue weighted by molar-refractivity contribution is 7.22. The zero-order chi connectivity index (χ0) is 23.8. The number of rotatable bonds is 2. The van der Waals surface area contributed by atoms with E-state index in [4.69, 9.17) is 21.0 Å². The van der Waals surface area contributed by atoms with Gasteiger partial charge in [-0.25, -0.2) is 4.98 Å².